The zero-order valence-electron chi connectivity index (χ0n) is 10.4. The fourth-order valence-corrected chi connectivity index (χ4v) is 2.37. The van der Waals surface area contributed by atoms with E-state index in [9.17, 15) is 9.59 Å². The molecule has 0 atom stereocenters. The van der Waals surface area contributed by atoms with Gasteiger partial charge in [0.25, 0.3) is 5.91 Å². The van der Waals surface area contributed by atoms with Gasteiger partial charge in [0.05, 0.1) is 0 Å². The maximum atomic E-state index is 12.1. The number of amides is 1. The van der Waals surface area contributed by atoms with Crippen LogP contribution < -0.4 is 0 Å². The second-order valence-electron chi connectivity index (χ2n) is 4.94. The molecule has 7 heteroatoms. The second kappa shape index (κ2) is 4.65. The van der Waals surface area contributed by atoms with Crippen LogP contribution in [-0.2, 0) is 0 Å². The molecule has 2 aliphatic rings. The molecule has 0 radical (unpaired) electrons. The summed E-state index contributed by atoms with van der Waals surface area (Å²) in [6.45, 7) is 3.06. The van der Waals surface area contributed by atoms with Crippen molar-refractivity contribution in [2.45, 2.75) is 18.9 Å². The Morgan fingerprint density at radius 3 is 2.47 bits per heavy atom. The number of nitrogens with zero attached hydrogens (tertiary/aromatic N) is 3. The predicted octanol–water partition coefficient (Wildman–Crippen LogP) is 0.293. The third-order valence-electron chi connectivity index (χ3n) is 3.60. The van der Waals surface area contributed by atoms with Crippen molar-refractivity contribution < 1.29 is 19.2 Å². The molecule has 19 heavy (non-hydrogen) atoms. The van der Waals surface area contributed by atoms with E-state index in [4.69, 9.17) is 5.11 Å². The number of aromatic carboxylic acids is 1. The number of piperazine rings is 1. The maximum Gasteiger partial charge on any atom is 0.374 e. The van der Waals surface area contributed by atoms with E-state index in [0.29, 0.717) is 19.1 Å². The van der Waals surface area contributed by atoms with Crippen LogP contribution in [0.15, 0.2) is 10.6 Å². The minimum Gasteiger partial charge on any atom is -0.475 e. The fourth-order valence-electron chi connectivity index (χ4n) is 2.37. The fraction of sp³-hybridized carbons (Fsp3) is 0.583. The summed E-state index contributed by atoms with van der Waals surface area (Å²) in [5, 5.41) is 12.2. The van der Waals surface area contributed by atoms with Gasteiger partial charge in [-0.1, -0.05) is 5.16 Å². The summed E-state index contributed by atoms with van der Waals surface area (Å²) < 4.78 is 4.60. The smallest absolute Gasteiger partial charge is 0.374 e. The largest absolute Gasteiger partial charge is 0.475 e. The number of hydrogen-bond acceptors (Lipinski definition) is 5. The van der Waals surface area contributed by atoms with E-state index < -0.39 is 5.97 Å². The summed E-state index contributed by atoms with van der Waals surface area (Å²) in [7, 11) is 0. The van der Waals surface area contributed by atoms with Crippen LogP contribution >= 0.6 is 0 Å². The zero-order chi connectivity index (χ0) is 13.4. The van der Waals surface area contributed by atoms with E-state index in [0.717, 1.165) is 13.1 Å². The van der Waals surface area contributed by atoms with Crippen molar-refractivity contribution in [1.82, 2.24) is 15.0 Å². The van der Waals surface area contributed by atoms with E-state index >= 15 is 0 Å². The molecule has 1 aliphatic carbocycles. The lowest BCUT2D eigenvalue weighted by molar-refractivity contribution is 0.0610. The molecule has 0 aromatic carbocycles. The number of carboxylic acids is 1. The molecule has 0 unspecified atom stereocenters. The minimum absolute atomic E-state index is 0.0669. The van der Waals surface area contributed by atoms with Gasteiger partial charge in [-0.05, 0) is 12.8 Å². The molecule has 0 bridgehead atoms. The molecule has 2 fully saturated rings. The van der Waals surface area contributed by atoms with Gasteiger partial charge in [-0.3, -0.25) is 9.69 Å². The Morgan fingerprint density at radius 2 is 1.95 bits per heavy atom. The first-order valence-corrected chi connectivity index (χ1v) is 6.38. The zero-order valence-corrected chi connectivity index (χ0v) is 10.4. The highest BCUT2D eigenvalue weighted by molar-refractivity contribution is 5.94. The van der Waals surface area contributed by atoms with E-state index in [1.807, 2.05) is 0 Å². The number of aromatic nitrogens is 1. The van der Waals surface area contributed by atoms with Crippen LogP contribution in [0.4, 0.5) is 0 Å². The van der Waals surface area contributed by atoms with E-state index in [1.165, 1.54) is 18.9 Å². The van der Waals surface area contributed by atoms with Crippen LogP contribution in [0.3, 0.4) is 0 Å². The lowest BCUT2D eigenvalue weighted by atomic mass is 10.2. The van der Waals surface area contributed by atoms with Crippen molar-refractivity contribution >= 4 is 11.9 Å². The topological polar surface area (TPSA) is 86.9 Å². The standard InChI is InChI=1S/C12H15N3O4/c16-11(9-7-10(12(17)18)19-13-9)15-5-3-14(4-6-15)8-1-2-8/h7-8H,1-6H2,(H,17,18). The van der Waals surface area contributed by atoms with Gasteiger partial charge in [0.2, 0.25) is 5.76 Å². The Labute approximate surface area is 109 Å². The Kier molecular flexibility index (Phi) is 2.98. The second-order valence-corrected chi connectivity index (χ2v) is 4.94. The van der Waals surface area contributed by atoms with Gasteiger partial charge in [-0.2, -0.15) is 0 Å². The van der Waals surface area contributed by atoms with Gasteiger partial charge in [0.15, 0.2) is 5.69 Å². The normalized spacial score (nSPS) is 20.5. The molecule has 2 heterocycles. The molecule has 7 nitrogen and oxygen atoms in total. The van der Waals surface area contributed by atoms with Gasteiger partial charge < -0.3 is 14.5 Å². The molecule has 102 valence electrons. The van der Waals surface area contributed by atoms with Gasteiger partial charge >= 0.3 is 5.97 Å². The highest BCUT2D eigenvalue weighted by Gasteiger charge is 2.33. The van der Waals surface area contributed by atoms with E-state index in [-0.39, 0.29) is 17.4 Å². The molecule has 1 aromatic rings. The first kappa shape index (κ1) is 12.2. The highest BCUT2D eigenvalue weighted by atomic mass is 16.5. The number of hydrogen-bond donors (Lipinski definition) is 1. The van der Waals surface area contributed by atoms with Gasteiger partial charge in [0.1, 0.15) is 0 Å². The van der Waals surface area contributed by atoms with Crippen molar-refractivity contribution in [1.29, 1.82) is 0 Å². The summed E-state index contributed by atoms with van der Waals surface area (Å²) in [6.07, 6.45) is 2.53. The Bertz CT molecular complexity index is 501. The molecule has 1 aliphatic heterocycles. The summed E-state index contributed by atoms with van der Waals surface area (Å²) in [6, 6.07) is 1.89. The molecular weight excluding hydrogens is 250 g/mol. The van der Waals surface area contributed by atoms with Crippen molar-refractivity contribution in [3.63, 3.8) is 0 Å². The van der Waals surface area contributed by atoms with Gasteiger partial charge in [-0.15, -0.1) is 0 Å². The molecule has 1 saturated heterocycles. The van der Waals surface area contributed by atoms with Crippen molar-refractivity contribution in [2.24, 2.45) is 0 Å². The number of carbonyl (C=O) groups excluding carboxylic acids is 1. The quantitative estimate of drug-likeness (QED) is 0.845. The van der Waals surface area contributed by atoms with Crippen LogP contribution in [0.2, 0.25) is 0 Å². The van der Waals surface area contributed by atoms with Crippen LogP contribution in [-0.4, -0.2) is 64.2 Å². The average molecular weight is 265 g/mol. The van der Waals surface area contributed by atoms with E-state index in [2.05, 4.69) is 14.6 Å². The molecular formula is C12H15N3O4. The maximum absolute atomic E-state index is 12.1. The number of carboxylic acid groups (broad SMARTS) is 1. The lowest BCUT2D eigenvalue weighted by Crippen LogP contribution is -2.49. The molecule has 3 rings (SSSR count). The molecule has 0 spiro atoms. The summed E-state index contributed by atoms with van der Waals surface area (Å²) >= 11 is 0. The Morgan fingerprint density at radius 1 is 1.26 bits per heavy atom. The van der Waals surface area contributed by atoms with Crippen molar-refractivity contribution in [3.8, 4) is 0 Å². The number of carbonyl (C=O) groups is 2. The summed E-state index contributed by atoms with van der Waals surface area (Å²) in [5.74, 6) is -1.78. The third kappa shape index (κ3) is 2.46. The molecule has 1 saturated carbocycles. The van der Waals surface area contributed by atoms with Gasteiger partial charge in [0, 0.05) is 38.3 Å². The SMILES string of the molecule is O=C(O)c1cc(C(=O)N2CCN(C3CC3)CC2)no1. The van der Waals surface area contributed by atoms with E-state index in [1.54, 1.807) is 4.90 Å². The Balaban J connectivity index is 1.62. The minimum atomic E-state index is -1.22. The molecule has 1 N–H and O–H groups in total. The summed E-state index contributed by atoms with van der Waals surface area (Å²) in [5.41, 5.74) is 0.0669. The monoisotopic (exact) mass is 265 g/mol. The highest BCUT2D eigenvalue weighted by Crippen LogP contribution is 2.27. The summed E-state index contributed by atoms with van der Waals surface area (Å²) in [4.78, 5) is 26.9. The third-order valence-corrected chi connectivity index (χ3v) is 3.60. The van der Waals surface area contributed by atoms with Gasteiger partial charge in [-0.25, -0.2) is 4.79 Å². The first-order valence-electron chi connectivity index (χ1n) is 6.38. The van der Waals surface area contributed by atoms with Crippen LogP contribution in [0, 0.1) is 0 Å². The number of rotatable bonds is 3. The van der Waals surface area contributed by atoms with Crippen LogP contribution in [0.5, 0.6) is 0 Å². The van der Waals surface area contributed by atoms with Crippen LogP contribution in [0.1, 0.15) is 33.9 Å². The lowest BCUT2D eigenvalue weighted by Gasteiger charge is -2.34. The Hall–Kier alpha value is -1.89. The van der Waals surface area contributed by atoms with Crippen molar-refractivity contribution in [3.05, 3.63) is 17.5 Å². The predicted molar refractivity (Wildman–Crippen MR) is 64.0 cm³/mol. The van der Waals surface area contributed by atoms with Crippen molar-refractivity contribution in [2.75, 3.05) is 26.2 Å². The van der Waals surface area contributed by atoms with Crippen LogP contribution in [0.25, 0.3) is 0 Å². The molecule has 1 aromatic heterocycles. The first-order chi connectivity index (χ1) is 9.15. The average Bonchev–Trinajstić information content (AvgIpc) is 3.14. The molecule has 1 amide bonds.